The predicted molar refractivity (Wildman–Crippen MR) is 141 cm³/mol. The number of nitrogens with one attached hydrogen (secondary N) is 1. The molecule has 0 unspecified atom stereocenters. The molecule has 37 heavy (non-hydrogen) atoms. The van der Waals surface area contributed by atoms with Crippen LogP contribution in [0.25, 0.3) is 16.6 Å². The Morgan fingerprint density at radius 2 is 1.68 bits per heavy atom. The maximum atomic E-state index is 13.6. The fraction of sp³-hybridized carbons (Fsp3) is 0.310. The molecule has 1 fully saturated rings. The highest BCUT2D eigenvalue weighted by Crippen LogP contribution is 2.22. The second-order valence-corrected chi connectivity index (χ2v) is 9.52. The Labute approximate surface area is 214 Å². The Bertz CT molecular complexity index is 1480. The van der Waals surface area contributed by atoms with Gasteiger partial charge in [0.1, 0.15) is 5.82 Å². The van der Waals surface area contributed by atoms with Crippen molar-refractivity contribution in [2.45, 2.75) is 25.7 Å². The maximum absolute atomic E-state index is 13.6. The summed E-state index contributed by atoms with van der Waals surface area (Å²) in [5, 5.41) is 10.3. The number of aryl methyl sites for hydroxylation is 1. The number of benzene rings is 2. The molecule has 0 radical (unpaired) electrons. The molecule has 2 aromatic carbocycles. The van der Waals surface area contributed by atoms with E-state index < -0.39 is 17.2 Å². The summed E-state index contributed by atoms with van der Waals surface area (Å²) in [5.74, 6) is -1.89. The highest BCUT2D eigenvalue weighted by atomic mass is 19.1. The summed E-state index contributed by atoms with van der Waals surface area (Å²) in [7, 11) is 0. The Balaban J connectivity index is 1.06. The van der Waals surface area contributed by atoms with E-state index in [1.807, 2.05) is 30.3 Å². The summed E-state index contributed by atoms with van der Waals surface area (Å²) in [6, 6.07) is 15.8. The molecule has 2 aromatic heterocycles. The first kappa shape index (κ1) is 24.7. The van der Waals surface area contributed by atoms with Crippen LogP contribution in [0.2, 0.25) is 0 Å². The van der Waals surface area contributed by atoms with Crippen molar-refractivity contribution in [1.82, 2.24) is 14.5 Å². The number of fused-ring (bicyclic) bond motifs is 1. The van der Waals surface area contributed by atoms with Crippen molar-refractivity contribution in [3.8, 4) is 11.8 Å². The number of nitriles is 1. The molecule has 1 aliphatic rings. The van der Waals surface area contributed by atoms with E-state index >= 15 is 0 Å². The van der Waals surface area contributed by atoms with Crippen LogP contribution in [0.4, 0.5) is 14.5 Å². The van der Waals surface area contributed by atoms with Crippen molar-refractivity contribution in [3.05, 3.63) is 94.0 Å². The lowest BCUT2D eigenvalue weighted by molar-refractivity contribution is 0.252. The lowest BCUT2D eigenvalue weighted by atomic mass is 10.0. The number of aromatic amines is 1. The lowest BCUT2D eigenvalue weighted by Crippen LogP contribution is -2.46. The van der Waals surface area contributed by atoms with Gasteiger partial charge < -0.3 is 9.88 Å². The molecule has 5 rings (SSSR count). The summed E-state index contributed by atoms with van der Waals surface area (Å²) < 4.78 is 28.2. The molecule has 6 nitrogen and oxygen atoms in total. The first-order chi connectivity index (χ1) is 18.0. The molecule has 0 atom stereocenters. The van der Waals surface area contributed by atoms with Crippen molar-refractivity contribution in [1.29, 1.82) is 5.26 Å². The Morgan fingerprint density at radius 1 is 0.919 bits per heavy atom. The fourth-order valence-corrected chi connectivity index (χ4v) is 5.05. The Morgan fingerprint density at radius 3 is 2.43 bits per heavy atom. The topological polar surface area (TPSA) is 68.1 Å². The van der Waals surface area contributed by atoms with E-state index in [9.17, 15) is 13.6 Å². The number of pyridine rings is 1. The lowest BCUT2D eigenvalue weighted by Gasteiger charge is -2.36. The van der Waals surface area contributed by atoms with Crippen molar-refractivity contribution in [2.24, 2.45) is 0 Å². The van der Waals surface area contributed by atoms with Crippen molar-refractivity contribution in [2.75, 3.05) is 37.6 Å². The van der Waals surface area contributed by atoms with Gasteiger partial charge in [0.15, 0.2) is 5.82 Å². The molecule has 8 heteroatoms. The van der Waals surface area contributed by atoms with Gasteiger partial charge in [0.25, 0.3) is 5.56 Å². The molecular formula is C29H29F2N5O. The van der Waals surface area contributed by atoms with Gasteiger partial charge in [-0.1, -0.05) is 6.42 Å². The number of rotatable bonds is 8. The predicted octanol–water partition coefficient (Wildman–Crippen LogP) is 5.00. The number of aromatic nitrogens is 2. The molecule has 0 aliphatic carbocycles. The Kier molecular flexibility index (Phi) is 7.33. The van der Waals surface area contributed by atoms with Crippen LogP contribution >= 0.6 is 0 Å². The molecule has 0 spiro atoms. The third-order valence-electron chi connectivity index (χ3n) is 7.12. The largest absolute Gasteiger partial charge is 0.369 e. The SMILES string of the molecule is N#Cc1ccc2[nH]cc(CCCCCN3CCN(c4ccc(-n5cc(F)cc(F)c5=O)cc4)CC3)c2c1. The molecule has 0 amide bonds. The first-order valence-electron chi connectivity index (χ1n) is 12.7. The number of halogens is 2. The summed E-state index contributed by atoms with van der Waals surface area (Å²) in [6.07, 6.45) is 7.50. The maximum Gasteiger partial charge on any atom is 0.291 e. The van der Waals surface area contributed by atoms with E-state index in [4.69, 9.17) is 5.26 Å². The van der Waals surface area contributed by atoms with E-state index in [0.29, 0.717) is 17.3 Å². The zero-order valence-corrected chi connectivity index (χ0v) is 20.6. The van der Waals surface area contributed by atoms with E-state index in [2.05, 4.69) is 27.0 Å². The van der Waals surface area contributed by atoms with Gasteiger partial charge in [0, 0.05) is 66.9 Å². The van der Waals surface area contributed by atoms with E-state index in [1.165, 1.54) is 5.56 Å². The third-order valence-corrected chi connectivity index (χ3v) is 7.12. The number of nitrogens with zero attached hydrogens (tertiary/aromatic N) is 4. The number of H-pyrrole nitrogens is 1. The van der Waals surface area contributed by atoms with Gasteiger partial charge >= 0.3 is 0 Å². The van der Waals surface area contributed by atoms with Gasteiger partial charge in [-0.05, 0) is 73.8 Å². The van der Waals surface area contributed by atoms with Crippen LogP contribution in [0.5, 0.6) is 0 Å². The third kappa shape index (κ3) is 5.57. The standard InChI is InChI=1S/C29H29F2N5O/c30-23-17-27(31)29(37)36(20-23)25-8-6-24(7-9-25)35-14-12-34(13-15-35)11-3-1-2-4-22-19-33-28-10-5-21(18-32)16-26(22)28/h5-10,16-17,19-20,33H,1-4,11-15H2. The van der Waals surface area contributed by atoms with Gasteiger partial charge in [0.2, 0.25) is 0 Å². The van der Waals surface area contributed by atoms with Gasteiger partial charge in [-0.25, -0.2) is 8.78 Å². The molecule has 190 valence electrons. The summed E-state index contributed by atoms with van der Waals surface area (Å²) in [4.78, 5) is 20.1. The summed E-state index contributed by atoms with van der Waals surface area (Å²) >= 11 is 0. The molecule has 1 N–H and O–H groups in total. The van der Waals surface area contributed by atoms with Crippen molar-refractivity contribution in [3.63, 3.8) is 0 Å². The zero-order valence-electron chi connectivity index (χ0n) is 20.6. The first-order valence-corrected chi connectivity index (χ1v) is 12.7. The molecule has 3 heterocycles. The monoisotopic (exact) mass is 501 g/mol. The highest BCUT2D eigenvalue weighted by Gasteiger charge is 2.17. The van der Waals surface area contributed by atoms with E-state index in [0.717, 1.165) is 85.8 Å². The van der Waals surface area contributed by atoms with E-state index in [1.54, 1.807) is 12.1 Å². The quantitative estimate of drug-likeness (QED) is 0.345. The summed E-state index contributed by atoms with van der Waals surface area (Å²) in [6.45, 7) is 4.85. The molecule has 0 saturated carbocycles. The van der Waals surface area contributed by atoms with Crippen LogP contribution in [0.3, 0.4) is 0 Å². The van der Waals surface area contributed by atoms with Crippen LogP contribution in [-0.4, -0.2) is 47.2 Å². The number of unbranched alkanes of at least 4 members (excludes halogenated alkanes) is 2. The van der Waals surface area contributed by atoms with Crippen LogP contribution < -0.4 is 10.5 Å². The molecule has 0 bridgehead atoms. The van der Waals surface area contributed by atoms with Gasteiger partial charge in [-0.15, -0.1) is 0 Å². The molecule has 4 aromatic rings. The average Bonchev–Trinajstić information content (AvgIpc) is 3.33. The second-order valence-electron chi connectivity index (χ2n) is 9.52. The Hall–Kier alpha value is -3.96. The molecule has 1 saturated heterocycles. The van der Waals surface area contributed by atoms with Crippen LogP contribution in [0.1, 0.15) is 30.4 Å². The van der Waals surface area contributed by atoms with Gasteiger partial charge in [-0.2, -0.15) is 5.26 Å². The van der Waals surface area contributed by atoms with E-state index in [-0.39, 0.29) is 0 Å². The smallest absolute Gasteiger partial charge is 0.291 e. The van der Waals surface area contributed by atoms with Gasteiger partial charge in [0.05, 0.1) is 11.6 Å². The minimum atomic E-state index is -1.10. The van der Waals surface area contributed by atoms with Crippen LogP contribution in [-0.2, 0) is 6.42 Å². The minimum Gasteiger partial charge on any atom is -0.369 e. The zero-order chi connectivity index (χ0) is 25.8. The number of piperazine rings is 1. The summed E-state index contributed by atoms with van der Waals surface area (Å²) in [5.41, 5.74) is 3.66. The van der Waals surface area contributed by atoms with Gasteiger partial charge in [-0.3, -0.25) is 14.3 Å². The highest BCUT2D eigenvalue weighted by molar-refractivity contribution is 5.84. The number of hydrogen-bond acceptors (Lipinski definition) is 4. The minimum absolute atomic E-state index is 0.434. The average molecular weight is 502 g/mol. The molecular weight excluding hydrogens is 472 g/mol. The normalized spacial score (nSPS) is 14.2. The number of anilines is 1. The number of hydrogen-bond donors (Lipinski definition) is 1. The fourth-order valence-electron chi connectivity index (χ4n) is 5.05. The van der Waals surface area contributed by atoms with Crippen molar-refractivity contribution < 1.29 is 8.78 Å². The van der Waals surface area contributed by atoms with Crippen molar-refractivity contribution >= 4 is 16.6 Å². The van der Waals surface area contributed by atoms with Crippen LogP contribution in [0.15, 0.2) is 65.7 Å². The van der Waals surface area contributed by atoms with Crippen LogP contribution in [0, 0.1) is 23.0 Å². The molecule has 1 aliphatic heterocycles. The second kappa shape index (κ2) is 11.0.